The Morgan fingerprint density at radius 1 is 1.57 bits per heavy atom. The van der Waals surface area contributed by atoms with Gasteiger partial charge in [0.05, 0.1) is 12.6 Å². The van der Waals surface area contributed by atoms with Crippen LogP contribution in [0, 0.1) is 0 Å². The van der Waals surface area contributed by atoms with Crippen LogP contribution in [0.3, 0.4) is 0 Å². The second-order valence-corrected chi connectivity index (χ2v) is 5.07. The van der Waals surface area contributed by atoms with Gasteiger partial charge in [0.1, 0.15) is 6.04 Å². The Kier molecular flexibility index (Phi) is 5.89. The highest BCUT2D eigenvalue weighted by Gasteiger charge is 2.33. The number of methoxy groups -OCH3 is 1. The molecular weight excluding hydrogens is 272 g/mol. The summed E-state index contributed by atoms with van der Waals surface area (Å²) in [5.41, 5.74) is 0. The lowest BCUT2D eigenvalue weighted by Crippen LogP contribution is -2.49. The topological polar surface area (TPSA) is 87.6 Å². The Balaban J connectivity index is 2.00. The van der Waals surface area contributed by atoms with Gasteiger partial charge in [-0.1, -0.05) is 0 Å². The van der Waals surface area contributed by atoms with Crippen molar-refractivity contribution in [2.24, 2.45) is 0 Å². The average molecular weight is 294 g/mol. The normalized spacial score (nSPS) is 19.5. The van der Waals surface area contributed by atoms with Crippen LogP contribution in [0.4, 0.5) is 5.95 Å². The van der Waals surface area contributed by atoms with Gasteiger partial charge in [-0.2, -0.15) is 0 Å². The number of hydrogen-bond acceptors (Lipinski definition) is 6. The number of aliphatic hydroxyl groups is 1. The minimum absolute atomic E-state index is 0.0183. The van der Waals surface area contributed by atoms with E-state index in [9.17, 15) is 4.79 Å². The van der Waals surface area contributed by atoms with Crippen molar-refractivity contribution >= 4 is 11.9 Å². The molecule has 1 aromatic rings. The van der Waals surface area contributed by atoms with Gasteiger partial charge in [-0.15, -0.1) is 0 Å². The lowest BCUT2D eigenvalue weighted by molar-refractivity contribution is -0.123. The molecule has 1 aromatic heterocycles. The number of nitrogens with zero attached hydrogens (tertiary/aromatic N) is 3. The molecule has 0 aromatic carbocycles. The van der Waals surface area contributed by atoms with Gasteiger partial charge < -0.3 is 20.1 Å². The first-order valence-electron chi connectivity index (χ1n) is 7.20. The van der Waals surface area contributed by atoms with Gasteiger partial charge in [0.15, 0.2) is 0 Å². The number of nitrogens with one attached hydrogen (secondary N) is 1. The molecule has 1 amide bonds. The third-order valence-corrected chi connectivity index (χ3v) is 3.56. The van der Waals surface area contributed by atoms with Crippen molar-refractivity contribution in [3.05, 3.63) is 18.5 Å². The highest BCUT2D eigenvalue weighted by molar-refractivity contribution is 5.85. The number of rotatable bonds is 7. The molecule has 2 heterocycles. The van der Waals surface area contributed by atoms with Crippen molar-refractivity contribution in [3.8, 4) is 0 Å². The molecule has 7 nitrogen and oxygen atoms in total. The van der Waals surface area contributed by atoms with Crippen molar-refractivity contribution in [1.29, 1.82) is 0 Å². The molecule has 2 rings (SSSR count). The fourth-order valence-electron chi connectivity index (χ4n) is 2.57. The Bertz CT molecular complexity index is 437. The minimum atomic E-state index is -0.259. The van der Waals surface area contributed by atoms with Crippen LogP contribution in [0.5, 0.6) is 0 Å². The summed E-state index contributed by atoms with van der Waals surface area (Å²) in [6, 6.07) is 1.32. The number of carbonyl (C=O) groups is 1. The Hall–Kier alpha value is -1.73. The zero-order chi connectivity index (χ0) is 15.1. The summed E-state index contributed by atoms with van der Waals surface area (Å²) in [6.45, 7) is 1.18. The van der Waals surface area contributed by atoms with Gasteiger partial charge in [-0.05, 0) is 25.3 Å². The molecule has 116 valence electrons. The Morgan fingerprint density at radius 3 is 3.00 bits per heavy atom. The molecule has 0 bridgehead atoms. The van der Waals surface area contributed by atoms with Crippen molar-refractivity contribution < 1.29 is 14.6 Å². The molecule has 0 saturated carbocycles. The number of anilines is 1. The molecule has 1 aliphatic rings. The largest absolute Gasteiger partial charge is 0.396 e. The molecule has 2 N–H and O–H groups in total. The molecule has 7 heteroatoms. The van der Waals surface area contributed by atoms with E-state index in [-0.39, 0.29) is 24.6 Å². The number of aliphatic hydroxyl groups excluding tert-OH is 1. The van der Waals surface area contributed by atoms with E-state index in [4.69, 9.17) is 9.84 Å². The molecule has 2 unspecified atom stereocenters. The second-order valence-electron chi connectivity index (χ2n) is 5.07. The molecule has 1 saturated heterocycles. The van der Waals surface area contributed by atoms with E-state index in [0.29, 0.717) is 19.0 Å². The van der Waals surface area contributed by atoms with Crippen LogP contribution in [0.2, 0.25) is 0 Å². The van der Waals surface area contributed by atoms with Crippen LogP contribution in [-0.4, -0.2) is 59.9 Å². The summed E-state index contributed by atoms with van der Waals surface area (Å²) >= 11 is 0. The van der Waals surface area contributed by atoms with Crippen molar-refractivity contribution in [1.82, 2.24) is 15.3 Å². The highest BCUT2D eigenvalue weighted by atomic mass is 16.5. The van der Waals surface area contributed by atoms with Crippen LogP contribution in [0.1, 0.15) is 19.3 Å². The summed E-state index contributed by atoms with van der Waals surface area (Å²) in [5.74, 6) is 0.524. The Morgan fingerprint density at radius 2 is 2.33 bits per heavy atom. The number of amides is 1. The van der Waals surface area contributed by atoms with E-state index in [1.54, 1.807) is 25.6 Å². The highest BCUT2D eigenvalue weighted by Crippen LogP contribution is 2.22. The number of aromatic nitrogens is 2. The van der Waals surface area contributed by atoms with Crippen LogP contribution < -0.4 is 10.2 Å². The van der Waals surface area contributed by atoms with E-state index in [1.165, 1.54) is 0 Å². The maximum absolute atomic E-state index is 12.4. The van der Waals surface area contributed by atoms with Crippen molar-refractivity contribution in [2.75, 3.05) is 31.8 Å². The van der Waals surface area contributed by atoms with Crippen molar-refractivity contribution in [2.45, 2.75) is 31.3 Å². The summed E-state index contributed by atoms with van der Waals surface area (Å²) in [6.07, 6.45) is 5.55. The third-order valence-electron chi connectivity index (χ3n) is 3.56. The molecule has 0 radical (unpaired) electrons. The lowest BCUT2D eigenvalue weighted by Gasteiger charge is -2.26. The van der Waals surface area contributed by atoms with Gasteiger partial charge in [0.2, 0.25) is 11.9 Å². The summed E-state index contributed by atoms with van der Waals surface area (Å²) in [7, 11) is 1.58. The first-order valence-corrected chi connectivity index (χ1v) is 7.20. The van der Waals surface area contributed by atoms with Gasteiger partial charge in [-0.25, -0.2) is 9.97 Å². The molecule has 1 aliphatic heterocycles. The first kappa shape index (κ1) is 15.7. The van der Waals surface area contributed by atoms with E-state index in [0.717, 1.165) is 19.4 Å². The molecule has 0 aliphatic carbocycles. The number of carbonyl (C=O) groups excluding carboxylic acids is 1. The molecule has 0 spiro atoms. The predicted octanol–water partition coefficient (Wildman–Crippen LogP) is -0.0410. The zero-order valence-electron chi connectivity index (χ0n) is 12.2. The standard InChI is InChI=1S/C14H22N4O3/c1-21-10-11(5-9-19)17-13(20)12-4-2-8-18(12)14-15-6-3-7-16-14/h3,6-7,11-12,19H,2,4-5,8-10H2,1H3,(H,17,20). The van der Waals surface area contributed by atoms with Gasteiger partial charge in [-0.3, -0.25) is 4.79 Å². The van der Waals surface area contributed by atoms with Crippen LogP contribution in [0.25, 0.3) is 0 Å². The number of hydrogen-bond donors (Lipinski definition) is 2. The smallest absolute Gasteiger partial charge is 0.243 e. The summed E-state index contributed by atoms with van der Waals surface area (Å²) in [4.78, 5) is 22.8. The Labute approximate surface area is 124 Å². The van der Waals surface area contributed by atoms with Crippen LogP contribution in [-0.2, 0) is 9.53 Å². The van der Waals surface area contributed by atoms with E-state index in [2.05, 4.69) is 15.3 Å². The van der Waals surface area contributed by atoms with Gasteiger partial charge in [0.25, 0.3) is 0 Å². The average Bonchev–Trinajstić information content (AvgIpc) is 2.98. The first-order chi connectivity index (χ1) is 10.3. The maximum atomic E-state index is 12.4. The van der Waals surface area contributed by atoms with Gasteiger partial charge >= 0.3 is 0 Å². The minimum Gasteiger partial charge on any atom is -0.396 e. The second kappa shape index (κ2) is 7.90. The zero-order valence-corrected chi connectivity index (χ0v) is 12.2. The molecular formula is C14H22N4O3. The van der Waals surface area contributed by atoms with E-state index < -0.39 is 0 Å². The van der Waals surface area contributed by atoms with E-state index >= 15 is 0 Å². The molecule has 2 atom stereocenters. The maximum Gasteiger partial charge on any atom is 0.243 e. The van der Waals surface area contributed by atoms with Crippen molar-refractivity contribution in [3.63, 3.8) is 0 Å². The quantitative estimate of drug-likeness (QED) is 0.733. The molecule has 21 heavy (non-hydrogen) atoms. The lowest BCUT2D eigenvalue weighted by atomic mass is 10.1. The fourth-order valence-corrected chi connectivity index (χ4v) is 2.57. The monoisotopic (exact) mass is 294 g/mol. The fraction of sp³-hybridized carbons (Fsp3) is 0.643. The SMILES string of the molecule is COCC(CCO)NC(=O)C1CCCN1c1ncccn1. The van der Waals surface area contributed by atoms with Gasteiger partial charge in [0, 0.05) is 32.7 Å². The van der Waals surface area contributed by atoms with Crippen LogP contribution >= 0.6 is 0 Å². The summed E-state index contributed by atoms with van der Waals surface area (Å²) in [5, 5.41) is 12.0. The number of ether oxygens (including phenoxy) is 1. The third kappa shape index (κ3) is 4.12. The molecule has 1 fully saturated rings. The van der Waals surface area contributed by atoms with Crippen LogP contribution in [0.15, 0.2) is 18.5 Å². The summed E-state index contributed by atoms with van der Waals surface area (Å²) < 4.78 is 5.07. The van der Waals surface area contributed by atoms with E-state index in [1.807, 2.05) is 4.90 Å². The predicted molar refractivity (Wildman–Crippen MR) is 77.9 cm³/mol.